The molecule has 1 heterocycles. The molecule has 3 rings (SSSR count). The predicted molar refractivity (Wildman–Crippen MR) is 106 cm³/mol. The van der Waals surface area contributed by atoms with Crippen LogP contribution >= 0.6 is 0 Å². The molecule has 2 aromatic carbocycles. The van der Waals surface area contributed by atoms with E-state index in [1.54, 1.807) is 18.2 Å². The van der Waals surface area contributed by atoms with Crippen molar-refractivity contribution >= 4 is 27.4 Å². The van der Waals surface area contributed by atoms with Crippen LogP contribution in [0.5, 0.6) is 0 Å². The lowest BCUT2D eigenvalue weighted by molar-refractivity contribution is 0.0697. The average Bonchev–Trinajstić information content (AvgIpc) is 2.61. The molecule has 0 radical (unpaired) electrons. The summed E-state index contributed by atoms with van der Waals surface area (Å²) >= 11 is 0. The van der Waals surface area contributed by atoms with Gasteiger partial charge in [0, 0.05) is 13.1 Å². The number of carboxylic acid groups (broad SMARTS) is 1. The van der Waals surface area contributed by atoms with Crippen molar-refractivity contribution < 1.29 is 18.3 Å². The lowest BCUT2D eigenvalue weighted by Gasteiger charge is -2.34. The van der Waals surface area contributed by atoms with E-state index in [1.165, 1.54) is 18.2 Å². The topological polar surface area (TPSA) is 86.7 Å². The quantitative estimate of drug-likeness (QED) is 0.815. The first-order valence-corrected chi connectivity index (χ1v) is 10.5. The van der Waals surface area contributed by atoms with E-state index >= 15 is 0 Å². The second-order valence-corrected chi connectivity index (χ2v) is 8.83. The van der Waals surface area contributed by atoms with Gasteiger partial charge in [0.05, 0.1) is 21.8 Å². The molecule has 0 aliphatic carbocycles. The van der Waals surface area contributed by atoms with Gasteiger partial charge in [-0.25, -0.2) is 13.2 Å². The van der Waals surface area contributed by atoms with Gasteiger partial charge in [0.15, 0.2) is 0 Å². The SMILES string of the molecule is Cc1cccc(S(=O)(=O)Nc2cc(C(=O)O)ccc2N2CCC[C@@H](C)C2)c1. The van der Waals surface area contributed by atoms with E-state index in [2.05, 4.69) is 16.5 Å². The molecule has 0 unspecified atom stereocenters. The number of rotatable bonds is 5. The molecule has 27 heavy (non-hydrogen) atoms. The maximum atomic E-state index is 12.9. The van der Waals surface area contributed by atoms with E-state index in [0.29, 0.717) is 17.3 Å². The Morgan fingerprint density at radius 2 is 2.00 bits per heavy atom. The van der Waals surface area contributed by atoms with Gasteiger partial charge >= 0.3 is 5.97 Å². The summed E-state index contributed by atoms with van der Waals surface area (Å²) in [7, 11) is -3.82. The van der Waals surface area contributed by atoms with E-state index in [9.17, 15) is 18.3 Å². The Bertz CT molecular complexity index is 956. The fraction of sp³-hybridized carbons (Fsp3) is 0.350. The fourth-order valence-electron chi connectivity index (χ4n) is 3.42. The molecule has 144 valence electrons. The highest BCUT2D eigenvalue weighted by Crippen LogP contribution is 2.32. The molecule has 1 aliphatic heterocycles. The van der Waals surface area contributed by atoms with Gasteiger partial charge in [0.2, 0.25) is 0 Å². The van der Waals surface area contributed by atoms with Crippen molar-refractivity contribution in [2.45, 2.75) is 31.6 Å². The molecule has 1 saturated heterocycles. The smallest absolute Gasteiger partial charge is 0.335 e. The number of anilines is 2. The van der Waals surface area contributed by atoms with Gasteiger partial charge in [-0.15, -0.1) is 0 Å². The summed E-state index contributed by atoms with van der Waals surface area (Å²) in [5.41, 5.74) is 1.89. The number of carboxylic acids is 1. The number of piperidine rings is 1. The molecule has 0 spiro atoms. The highest BCUT2D eigenvalue weighted by Gasteiger charge is 2.23. The number of aromatic carboxylic acids is 1. The van der Waals surface area contributed by atoms with Gasteiger partial charge in [-0.1, -0.05) is 19.1 Å². The molecule has 0 saturated carbocycles. The standard InChI is InChI=1S/C20H24N2O4S/c1-14-5-3-7-17(11-14)27(25,26)21-18-12-16(20(23)24)8-9-19(18)22-10-4-6-15(2)13-22/h3,5,7-9,11-12,15,21H,4,6,10,13H2,1-2H3,(H,23,24)/t15-/m1/s1. The Morgan fingerprint density at radius 1 is 1.22 bits per heavy atom. The number of aryl methyl sites for hydroxylation is 1. The zero-order chi connectivity index (χ0) is 19.6. The highest BCUT2D eigenvalue weighted by molar-refractivity contribution is 7.92. The number of hydrogen-bond acceptors (Lipinski definition) is 4. The monoisotopic (exact) mass is 388 g/mol. The Labute approximate surface area is 159 Å². The van der Waals surface area contributed by atoms with Gasteiger partial charge in [0.1, 0.15) is 0 Å². The van der Waals surface area contributed by atoms with Crippen LogP contribution in [0.25, 0.3) is 0 Å². The Hall–Kier alpha value is -2.54. The molecule has 0 amide bonds. The van der Waals surface area contributed by atoms with Gasteiger partial charge in [-0.05, 0) is 61.6 Å². The van der Waals surface area contributed by atoms with Crippen molar-refractivity contribution in [2.75, 3.05) is 22.7 Å². The molecular weight excluding hydrogens is 364 g/mol. The zero-order valence-corrected chi connectivity index (χ0v) is 16.3. The zero-order valence-electron chi connectivity index (χ0n) is 15.5. The van der Waals surface area contributed by atoms with Crippen LogP contribution in [-0.2, 0) is 10.0 Å². The van der Waals surface area contributed by atoms with Crippen LogP contribution < -0.4 is 9.62 Å². The van der Waals surface area contributed by atoms with Crippen LogP contribution in [0.1, 0.15) is 35.7 Å². The Kier molecular flexibility index (Phi) is 5.41. The molecule has 2 N–H and O–H groups in total. The summed E-state index contributed by atoms with van der Waals surface area (Å²) in [5.74, 6) is -0.594. The number of nitrogens with zero attached hydrogens (tertiary/aromatic N) is 1. The molecule has 0 aromatic heterocycles. The Balaban J connectivity index is 2.01. The van der Waals surface area contributed by atoms with E-state index in [-0.39, 0.29) is 10.5 Å². The van der Waals surface area contributed by atoms with Crippen molar-refractivity contribution in [1.82, 2.24) is 0 Å². The molecule has 1 atom stereocenters. The lowest BCUT2D eigenvalue weighted by Crippen LogP contribution is -2.35. The van der Waals surface area contributed by atoms with Crippen molar-refractivity contribution in [2.24, 2.45) is 5.92 Å². The largest absolute Gasteiger partial charge is 0.478 e. The third-order valence-corrected chi connectivity index (χ3v) is 6.15. The fourth-order valence-corrected chi connectivity index (χ4v) is 4.59. The van der Waals surface area contributed by atoms with Crippen LogP contribution in [0.3, 0.4) is 0 Å². The number of hydrogen-bond donors (Lipinski definition) is 2. The number of sulfonamides is 1. The minimum atomic E-state index is -3.82. The van der Waals surface area contributed by atoms with Crippen molar-refractivity contribution in [3.05, 3.63) is 53.6 Å². The van der Waals surface area contributed by atoms with Crippen LogP contribution in [0, 0.1) is 12.8 Å². The van der Waals surface area contributed by atoms with Crippen molar-refractivity contribution in [3.63, 3.8) is 0 Å². The van der Waals surface area contributed by atoms with E-state index in [1.807, 2.05) is 13.0 Å². The highest BCUT2D eigenvalue weighted by atomic mass is 32.2. The minimum Gasteiger partial charge on any atom is -0.478 e. The van der Waals surface area contributed by atoms with Crippen LogP contribution in [0.15, 0.2) is 47.4 Å². The van der Waals surface area contributed by atoms with Crippen molar-refractivity contribution in [1.29, 1.82) is 0 Å². The molecule has 0 bridgehead atoms. The maximum Gasteiger partial charge on any atom is 0.335 e. The summed E-state index contributed by atoms with van der Waals surface area (Å²) in [6.45, 7) is 5.61. The van der Waals surface area contributed by atoms with Crippen molar-refractivity contribution in [3.8, 4) is 0 Å². The van der Waals surface area contributed by atoms with Crippen LogP contribution in [-0.4, -0.2) is 32.6 Å². The van der Waals surface area contributed by atoms with Gasteiger partial charge in [-0.3, -0.25) is 4.72 Å². The van der Waals surface area contributed by atoms with E-state index in [0.717, 1.165) is 31.5 Å². The second-order valence-electron chi connectivity index (χ2n) is 7.15. The molecular formula is C20H24N2O4S. The number of benzene rings is 2. The van der Waals surface area contributed by atoms with Gasteiger partial charge < -0.3 is 10.0 Å². The second kappa shape index (κ2) is 7.60. The summed E-state index contributed by atoms with van der Waals surface area (Å²) in [4.78, 5) is 13.7. The first-order valence-electron chi connectivity index (χ1n) is 8.98. The summed E-state index contributed by atoms with van der Waals surface area (Å²) < 4.78 is 28.3. The summed E-state index contributed by atoms with van der Waals surface area (Å²) in [5, 5.41) is 9.31. The lowest BCUT2D eigenvalue weighted by atomic mass is 9.99. The minimum absolute atomic E-state index is 0.0470. The molecule has 1 fully saturated rings. The Morgan fingerprint density at radius 3 is 2.67 bits per heavy atom. The molecule has 7 heteroatoms. The van der Waals surface area contributed by atoms with Gasteiger partial charge in [0.25, 0.3) is 10.0 Å². The third-order valence-electron chi connectivity index (χ3n) is 4.79. The van der Waals surface area contributed by atoms with E-state index < -0.39 is 16.0 Å². The first kappa shape index (κ1) is 19.2. The summed E-state index contributed by atoms with van der Waals surface area (Å²) in [6.07, 6.45) is 2.15. The predicted octanol–water partition coefficient (Wildman–Crippen LogP) is 3.73. The number of nitrogens with one attached hydrogen (secondary N) is 1. The maximum absolute atomic E-state index is 12.9. The molecule has 2 aromatic rings. The number of carbonyl (C=O) groups is 1. The molecule has 6 nitrogen and oxygen atoms in total. The molecule has 1 aliphatic rings. The summed E-state index contributed by atoms with van der Waals surface area (Å²) in [6, 6.07) is 11.2. The van der Waals surface area contributed by atoms with Crippen LogP contribution in [0.2, 0.25) is 0 Å². The average molecular weight is 388 g/mol. The van der Waals surface area contributed by atoms with Crippen LogP contribution in [0.4, 0.5) is 11.4 Å². The first-order chi connectivity index (χ1) is 12.8. The third kappa shape index (κ3) is 4.42. The van der Waals surface area contributed by atoms with E-state index in [4.69, 9.17) is 0 Å². The normalized spacial score (nSPS) is 17.6. The van der Waals surface area contributed by atoms with Gasteiger partial charge in [-0.2, -0.15) is 0 Å².